The second-order valence-electron chi connectivity index (χ2n) is 11.4. The number of carbonyl (C=O) groups excluding carboxylic acids is 5. The number of rotatable bonds is 21. The van der Waals surface area contributed by atoms with E-state index >= 15 is 0 Å². The molecule has 222 valence electrons. The van der Waals surface area contributed by atoms with E-state index < -0.39 is 22.8 Å². The predicted molar refractivity (Wildman–Crippen MR) is 148 cm³/mol. The van der Waals surface area contributed by atoms with Gasteiger partial charge in [-0.25, -0.2) is 9.59 Å². The van der Waals surface area contributed by atoms with E-state index in [0.29, 0.717) is 43.3 Å². The van der Waals surface area contributed by atoms with Gasteiger partial charge in [-0.1, -0.05) is 27.0 Å². The minimum Gasteiger partial charge on any atom is -0.465 e. The van der Waals surface area contributed by atoms with Crippen molar-refractivity contribution >= 4 is 29.7 Å². The Morgan fingerprint density at radius 1 is 0.590 bits per heavy atom. The third kappa shape index (κ3) is 18.0. The summed E-state index contributed by atoms with van der Waals surface area (Å²) < 4.78 is 20.7. The smallest absolute Gasteiger partial charge is 0.333 e. The minimum absolute atomic E-state index is 0.0293. The molecule has 0 aromatic heterocycles. The number of unbranched alkanes of at least 4 members (excludes halogenated alkanes) is 4. The molecule has 0 aromatic rings. The van der Waals surface area contributed by atoms with Gasteiger partial charge in [-0.3, -0.25) is 14.4 Å². The van der Waals surface area contributed by atoms with Gasteiger partial charge < -0.3 is 18.9 Å². The molecule has 0 aliphatic carbocycles. The molecular formula is C30H48O9. The maximum Gasteiger partial charge on any atom is 0.333 e. The Bertz CT molecular complexity index is 868. The number of Topliss-reactive ketones (excluding diaryl/α,β-unsaturated/α-hetero) is 1. The monoisotopic (exact) mass is 552 g/mol. The van der Waals surface area contributed by atoms with E-state index in [1.165, 1.54) is 0 Å². The topological polar surface area (TPSA) is 122 Å². The van der Waals surface area contributed by atoms with Crippen molar-refractivity contribution in [1.29, 1.82) is 0 Å². The van der Waals surface area contributed by atoms with Crippen LogP contribution in [-0.2, 0) is 42.9 Å². The molecule has 0 fully saturated rings. The number of esters is 4. The maximum absolute atomic E-state index is 12.9. The second-order valence-corrected chi connectivity index (χ2v) is 11.4. The van der Waals surface area contributed by atoms with E-state index in [0.717, 1.165) is 6.42 Å². The minimum atomic E-state index is -0.874. The molecule has 0 heterocycles. The lowest BCUT2D eigenvalue weighted by molar-refractivity contribution is -0.152. The van der Waals surface area contributed by atoms with Crippen molar-refractivity contribution in [3.05, 3.63) is 24.3 Å². The number of hydrogen-bond acceptors (Lipinski definition) is 9. The van der Waals surface area contributed by atoms with Crippen LogP contribution >= 0.6 is 0 Å². The van der Waals surface area contributed by atoms with Crippen molar-refractivity contribution in [1.82, 2.24) is 0 Å². The van der Waals surface area contributed by atoms with Crippen LogP contribution in [0.25, 0.3) is 0 Å². The average Bonchev–Trinajstić information content (AvgIpc) is 2.84. The van der Waals surface area contributed by atoms with Crippen LogP contribution in [0, 0.1) is 10.8 Å². The highest BCUT2D eigenvalue weighted by Gasteiger charge is 2.34. The van der Waals surface area contributed by atoms with E-state index in [9.17, 15) is 24.0 Å². The first-order valence-electron chi connectivity index (χ1n) is 13.6. The molecule has 0 saturated heterocycles. The van der Waals surface area contributed by atoms with E-state index in [1.807, 2.05) is 13.8 Å². The Hall–Kier alpha value is -2.97. The highest BCUT2D eigenvalue weighted by Crippen LogP contribution is 2.29. The SMILES string of the molecule is C=C(C)C(=O)OCCCCCC(=O)OCC(C)(C)CC(=O)C(C)(C)COC(=O)CCCCCOC(=O)C(=C)C. The molecule has 0 amide bonds. The van der Waals surface area contributed by atoms with Crippen LogP contribution in [-0.4, -0.2) is 56.1 Å². The number of ketones is 1. The number of ether oxygens (including phenoxy) is 4. The summed E-state index contributed by atoms with van der Waals surface area (Å²) in [5, 5.41) is 0. The fourth-order valence-electron chi connectivity index (χ4n) is 3.16. The zero-order chi connectivity index (χ0) is 30.1. The zero-order valence-corrected chi connectivity index (χ0v) is 24.8. The lowest BCUT2D eigenvalue weighted by Gasteiger charge is -2.29. The van der Waals surface area contributed by atoms with Gasteiger partial charge in [-0.2, -0.15) is 0 Å². The Labute approximate surface area is 233 Å². The van der Waals surface area contributed by atoms with Crippen molar-refractivity contribution in [3.63, 3.8) is 0 Å². The molecule has 0 unspecified atom stereocenters. The Balaban J connectivity index is 4.19. The first-order chi connectivity index (χ1) is 18.1. The summed E-state index contributed by atoms with van der Waals surface area (Å²) in [4.78, 5) is 59.7. The predicted octanol–water partition coefficient (Wildman–Crippen LogP) is 5.44. The highest BCUT2D eigenvalue weighted by atomic mass is 16.5. The number of carbonyl (C=O) groups is 5. The van der Waals surface area contributed by atoms with E-state index in [1.54, 1.807) is 27.7 Å². The van der Waals surface area contributed by atoms with Crippen molar-refractivity contribution in [2.45, 2.75) is 99.3 Å². The summed E-state index contributed by atoms with van der Waals surface area (Å²) in [6, 6.07) is 0. The van der Waals surface area contributed by atoms with Crippen LogP contribution in [0.3, 0.4) is 0 Å². The molecule has 0 radical (unpaired) electrons. The van der Waals surface area contributed by atoms with E-state index in [-0.39, 0.29) is 63.4 Å². The van der Waals surface area contributed by atoms with Gasteiger partial charge in [0.15, 0.2) is 0 Å². The fourth-order valence-corrected chi connectivity index (χ4v) is 3.16. The summed E-state index contributed by atoms with van der Waals surface area (Å²) in [7, 11) is 0. The van der Waals surface area contributed by atoms with Gasteiger partial charge in [0.2, 0.25) is 0 Å². The molecule has 0 atom stereocenters. The first-order valence-corrected chi connectivity index (χ1v) is 13.6. The van der Waals surface area contributed by atoms with Gasteiger partial charge in [0, 0.05) is 35.8 Å². The zero-order valence-electron chi connectivity index (χ0n) is 24.8. The lowest BCUT2D eigenvalue weighted by atomic mass is 9.78. The Morgan fingerprint density at radius 3 is 1.41 bits per heavy atom. The molecule has 0 bridgehead atoms. The highest BCUT2D eigenvalue weighted by molar-refractivity contribution is 5.87. The van der Waals surface area contributed by atoms with Gasteiger partial charge in [0.05, 0.1) is 25.2 Å². The van der Waals surface area contributed by atoms with Crippen LogP contribution in [0.1, 0.15) is 99.3 Å². The summed E-state index contributed by atoms with van der Waals surface area (Å²) >= 11 is 0. The van der Waals surface area contributed by atoms with Crippen LogP contribution in [0.2, 0.25) is 0 Å². The number of hydrogen-bond donors (Lipinski definition) is 0. The molecule has 0 aliphatic rings. The van der Waals surface area contributed by atoms with Crippen molar-refractivity contribution < 1.29 is 42.9 Å². The van der Waals surface area contributed by atoms with Gasteiger partial charge >= 0.3 is 23.9 Å². The molecule has 39 heavy (non-hydrogen) atoms. The molecule has 0 aromatic carbocycles. The van der Waals surface area contributed by atoms with Crippen molar-refractivity contribution in [3.8, 4) is 0 Å². The molecular weight excluding hydrogens is 504 g/mol. The van der Waals surface area contributed by atoms with Crippen molar-refractivity contribution in [2.75, 3.05) is 26.4 Å². The third-order valence-electron chi connectivity index (χ3n) is 5.83. The van der Waals surface area contributed by atoms with Crippen LogP contribution in [0.5, 0.6) is 0 Å². The van der Waals surface area contributed by atoms with Gasteiger partial charge in [0.1, 0.15) is 12.4 Å². The van der Waals surface area contributed by atoms with Crippen LogP contribution in [0.15, 0.2) is 24.3 Å². The largest absolute Gasteiger partial charge is 0.465 e. The standard InChI is InChI=1S/C30H48O9/c1-22(2)27(34)36-17-13-9-11-15-25(32)38-20-29(5,6)19-24(31)30(7,8)21-39-26(33)16-12-10-14-18-37-28(35)23(3)4/h1,3,9-21H2,2,4-8H3. The van der Waals surface area contributed by atoms with Crippen LogP contribution < -0.4 is 0 Å². The normalized spacial score (nSPS) is 11.3. The Kier molecular flexibility index (Phi) is 16.9. The Morgan fingerprint density at radius 2 is 1.00 bits per heavy atom. The molecule has 0 N–H and O–H groups in total. The average molecular weight is 553 g/mol. The fraction of sp³-hybridized carbons (Fsp3) is 0.700. The second kappa shape index (κ2) is 18.3. The van der Waals surface area contributed by atoms with E-state index in [4.69, 9.17) is 18.9 Å². The molecule has 0 aliphatic heterocycles. The molecule has 9 heteroatoms. The van der Waals surface area contributed by atoms with Gasteiger partial charge in [-0.05, 0) is 66.2 Å². The summed E-state index contributed by atoms with van der Waals surface area (Å²) in [6.07, 6.45) is 4.57. The molecule has 0 rings (SSSR count). The maximum atomic E-state index is 12.9. The first kappa shape index (κ1) is 36.0. The molecule has 9 nitrogen and oxygen atoms in total. The van der Waals surface area contributed by atoms with E-state index in [2.05, 4.69) is 13.2 Å². The lowest BCUT2D eigenvalue weighted by Crippen LogP contribution is -2.35. The summed E-state index contributed by atoms with van der Waals surface area (Å²) in [6.45, 7) is 18.0. The van der Waals surface area contributed by atoms with Crippen LogP contribution in [0.4, 0.5) is 0 Å². The molecule has 0 saturated carbocycles. The van der Waals surface area contributed by atoms with Gasteiger partial charge in [-0.15, -0.1) is 0 Å². The summed E-state index contributed by atoms with van der Waals surface area (Å²) in [5.74, 6) is -1.64. The quantitative estimate of drug-likeness (QED) is 0.0792. The summed E-state index contributed by atoms with van der Waals surface area (Å²) in [5.41, 5.74) is -0.739. The van der Waals surface area contributed by atoms with Crippen molar-refractivity contribution in [2.24, 2.45) is 10.8 Å². The van der Waals surface area contributed by atoms with Gasteiger partial charge in [0.25, 0.3) is 0 Å². The third-order valence-corrected chi connectivity index (χ3v) is 5.83. The molecule has 0 spiro atoms.